The molecule has 0 aliphatic carbocycles. The number of unbranched alkanes of at least 4 members (excludes halogenated alkanes) is 40. The lowest BCUT2D eigenvalue weighted by molar-refractivity contribution is -0.167. The Labute approximate surface area is 380 Å². The quantitative estimate of drug-likeness (QED) is 0.0344. The monoisotopic (exact) mass is 863 g/mol. The van der Waals surface area contributed by atoms with Gasteiger partial charge in [0.1, 0.15) is 13.2 Å². The Kier molecular flexibility index (Phi) is 49.7. The SMILES string of the molecule is CCCCCCCCCCCCCCCCCCCCCCCCCCCC(=O)OCC(COC(=O)CCCCCCCCCCC)OC(=O)CCCCCCCCCCC. The molecule has 362 valence electrons. The number of hydrogen-bond donors (Lipinski definition) is 0. The smallest absolute Gasteiger partial charge is 0.306 e. The minimum absolute atomic E-state index is 0.0624. The Morgan fingerprint density at radius 3 is 0.656 bits per heavy atom. The van der Waals surface area contributed by atoms with Gasteiger partial charge in [-0.05, 0) is 19.3 Å². The van der Waals surface area contributed by atoms with Gasteiger partial charge in [0, 0.05) is 19.3 Å². The summed E-state index contributed by atoms with van der Waals surface area (Å²) in [5.41, 5.74) is 0. The van der Waals surface area contributed by atoms with E-state index in [0.29, 0.717) is 19.3 Å². The molecule has 0 aromatic heterocycles. The summed E-state index contributed by atoms with van der Waals surface area (Å²) in [6, 6.07) is 0. The highest BCUT2D eigenvalue weighted by molar-refractivity contribution is 5.71. The molecule has 0 saturated carbocycles. The summed E-state index contributed by atoms with van der Waals surface area (Å²) in [6.07, 6.45) is 55.5. The molecule has 61 heavy (non-hydrogen) atoms. The molecule has 0 aliphatic rings. The Bertz CT molecular complexity index is 905. The second-order valence-corrected chi connectivity index (χ2v) is 18.9. The highest BCUT2D eigenvalue weighted by Gasteiger charge is 2.19. The molecule has 0 heterocycles. The van der Waals surface area contributed by atoms with E-state index < -0.39 is 6.10 Å². The first kappa shape index (κ1) is 59.4. The van der Waals surface area contributed by atoms with Gasteiger partial charge in [-0.15, -0.1) is 0 Å². The van der Waals surface area contributed by atoms with Crippen LogP contribution in [0.2, 0.25) is 0 Å². The molecule has 0 spiro atoms. The van der Waals surface area contributed by atoms with Gasteiger partial charge in [-0.1, -0.05) is 278 Å². The zero-order valence-corrected chi connectivity index (χ0v) is 41.5. The molecule has 0 fully saturated rings. The van der Waals surface area contributed by atoms with Crippen LogP contribution < -0.4 is 0 Å². The number of esters is 3. The van der Waals surface area contributed by atoms with Crippen LogP contribution >= 0.6 is 0 Å². The van der Waals surface area contributed by atoms with Crippen LogP contribution in [0.25, 0.3) is 0 Å². The van der Waals surface area contributed by atoms with Gasteiger partial charge in [-0.2, -0.15) is 0 Å². The van der Waals surface area contributed by atoms with E-state index in [2.05, 4.69) is 20.8 Å². The average molecular weight is 863 g/mol. The zero-order chi connectivity index (χ0) is 44.4. The Hall–Kier alpha value is -1.59. The summed E-state index contributed by atoms with van der Waals surface area (Å²) < 4.78 is 16.7. The maximum Gasteiger partial charge on any atom is 0.306 e. The molecule has 0 N–H and O–H groups in total. The van der Waals surface area contributed by atoms with Crippen molar-refractivity contribution in [1.82, 2.24) is 0 Å². The van der Waals surface area contributed by atoms with Crippen LogP contribution in [0.1, 0.15) is 316 Å². The van der Waals surface area contributed by atoms with Crippen LogP contribution in [0.15, 0.2) is 0 Å². The first-order chi connectivity index (χ1) is 30.0. The molecule has 0 saturated heterocycles. The third-order valence-electron chi connectivity index (χ3n) is 12.6. The van der Waals surface area contributed by atoms with Crippen molar-refractivity contribution in [1.29, 1.82) is 0 Å². The van der Waals surface area contributed by atoms with Gasteiger partial charge >= 0.3 is 17.9 Å². The average Bonchev–Trinajstić information content (AvgIpc) is 3.26. The summed E-state index contributed by atoms with van der Waals surface area (Å²) in [6.45, 7) is 6.65. The van der Waals surface area contributed by atoms with Crippen molar-refractivity contribution in [3.8, 4) is 0 Å². The lowest BCUT2D eigenvalue weighted by Crippen LogP contribution is -2.30. The fourth-order valence-electron chi connectivity index (χ4n) is 8.45. The molecule has 6 heteroatoms. The standard InChI is InChI=1S/C55H106O6/c1-4-7-10-13-16-19-20-21-22-23-24-25-26-27-28-29-30-31-32-33-34-37-39-42-45-48-54(57)60-51-52(61-55(58)49-46-43-40-36-18-15-12-9-6-3)50-59-53(56)47-44-41-38-35-17-14-11-8-5-2/h52H,4-51H2,1-3H3. The van der Waals surface area contributed by atoms with Gasteiger partial charge in [0.15, 0.2) is 6.10 Å². The lowest BCUT2D eigenvalue weighted by atomic mass is 10.0. The summed E-state index contributed by atoms with van der Waals surface area (Å²) in [4.78, 5) is 37.8. The minimum Gasteiger partial charge on any atom is -0.462 e. The van der Waals surface area contributed by atoms with Crippen molar-refractivity contribution >= 4 is 17.9 Å². The van der Waals surface area contributed by atoms with E-state index in [1.807, 2.05) is 0 Å². The molecule has 0 amide bonds. The molecule has 0 aromatic carbocycles. The van der Waals surface area contributed by atoms with Crippen LogP contribution in [0.5, 0.6) is 0 Å². The molecule has 0 radical (unpaired) electrons. The largest absolute Gasteiger partial charge is 0.462 e. The van der Waals surface area contributed by atoms with Gasteiger partial charge in [0.25, 0.3) is 0 Å². The molecule has 6 nitrogen and oxygen atoms in total. The summed E-state index contributed by atoms with van der Waals surface area (Å²) in [7, 11) is 0. The maximum absolute atomic E-state index is 12.7. The second-order valence-electron chi connectivity index (χ2n) is 18.9. The highest BCUT2D eigenvalue weighted by Crippen LogP contribution is 2.17. The Balaban J connectivity index is 4.02. The van der Waals surface area contributed by atoms with E-state index in [9.17, 15) is 14.4 Å². The van der Waals surface area contributed by atoms with Crippen molar-refractivity contribution in [3.05, 3.63) is 0 Å². The number of carbonyl (C=O) groups excluding carboxylic acids is 3. The lowest BCUT2D eigenvalue weighted by Gasteiger charge is -2.18. The van der Waals surface area contributed by atoms with Crippen LogP contribution in [0, 0.1) is 0 Å². The van der Waals surface area contributed by atoms with Crippen molar-refractivity contribution in [2.45, 2.75) is 322 Å². The molecular weight excluding hydrogens is 757 g/mol. The van der Waals surface area contributed by atoms with Crippen molar-refractivity contribution in [2.24, 2.45) is 0 Å². The third-order valence-corrected chi connectivity index (χ3v) is 12.6. The van der Waals surface area contributed by atoms with Crippen LogP contribution in [0.4, 0.5) is 0 Å². The topological polar surface area (TPSA) is 78.9 Å². The van der Waals surface area contributed by atoms with Crippen LogP contribution in [-0.4, -0.2) is 37.2 Å². The predicted octanol–water partition coefficient (Wildman–Crippen LogP) is 18.0. The Morgan fingerprint density at radius 1 is 0.262 bits per heavy atom. The first-order valence-corrected chi connectivity index (χ1v) is 27.5. The van der Waals surface area contributed by atoms with Gasteiger partial charge in [0.05, 0.1) is 0 Å². The number of ether oxygens (including phenoxy) is 3. The summed E-state index contributed by atoms with van der Waals surface area (Å²) in [5.74, 6) is -0.848. The van der Waals surface area contributed by atoms with Gasteiger partial charge < -0.3 is 14.2 Å². The second kappa shape index (κ2) is 51.0. The van der Waals surface area contributed by atoms with E-state index in [1.165, 1.54) is 218 Å². The molecule has 0 aliphatic heterocycles. The molecule has 1 atom stereocenters. The molecule has 0 aromatic rings. The molecule has 1 unspecified atom stereocenters. The van der Waals surface area contributed by atoms with E-state index in [4.69, 9.17) is 14.2 Å². The minimum atomic E-state index is -0.758. The molecule has 0 bridgehead atoms. The van der Waals surface area contributed by atoms with E-state index in [1.54, 1.807) is 0 Å². The predicted molar refractivity (Wildman–Crippen MR) is 261 cm³/mol. The molecule has 0 rings (SSSR count). The van der Waals surface area contributed by atoms with E-state index in [-0.39, 0.29) is 31.1 Å². The van der Waals surface area contributed by atoms with Crippen molar-refractivity contribution < 1.29 is 28.6 Å². The summed E-state index contributed by atoms with van der Waals surface area (Å²) >= 11 is 0. The van der Waals surface area contributed by atoms with Crippen LogP contribution in [0.3, 0.4) is 0 Å². The fourth-order valence-corrected chi connectivity index (χ4v) is 8.45. The van der Waals surface area contributed by atoms with Gasteiger partial charge in [-0.25, -0.2) is 0 Å². The summed E-state index contributed by atoms with van der Waals surface area (Å²) in [5, 5.41) is 0. The highest BCUT2D eigenvalue weighted by atomic mass is 16.6. The van der Waals surface area contributed by atoms with Crippen LogP contribution in [-0.2, 0) is 28.6 Å². The van der Waals surface area contributed by atoms with E-state index in [0.717, 1.165) is 57.8 Å². The van der Waals surface area contributed by atoms with Crippen molar-refractivity contribution in [3.63, 3.8) is 0 Å². The fraction of sp³-hybridized carbons (Fsp3) is 0.945. The van der Waals surface area contributed by atoms with E-state index >= 15 is 0 Å². The number of rotatable bonds is 51. The Morgan fingerprint density at radius 2 is 0.443 bits per heavy atom. The number of carbonyl (C=O) groups is 3. The normalized spacial score (nSPS) is 11.9. The van der Waals surface area contributed by atoms with Crippen molar-refractivity contribution in [2.75, 3.05) is 13.2 Å². The van der Waals surface area contributed by atoms with Gasteiger partial charge in [0.2, 0.25) is 0 Å². The molecular formula is C55H106O6. The zero-order valence-electron chi connectivity index (χ0n) is 41.5. The third kappa shape index (κ3) is 49.3. The first-order valence-electron chi connectivity index (χ1n) is 27.5. The van der Waals surface area contributed by atoms with Gasteiger partial charge in [-0.3, -0.25) is 14.4 Å². The maximum atomic E-state index is 12.7. The number of hydrogen-bond acceptors (Lipinski definition) is 6.